The Morgan fingerprint density at radius 1 is 1.45 bits per heavy atom. The fourth-order valence-electron chi connectivity index (χ4n) is 0.789. The molecule has 0 N–H and O–H groups in total. The SMILES string of the molecule is COc1cc(N(C)C)ccn1. The predicted molar refractivity (Wildman–Crippen MR) is 45.1 cm³/mol. The summed E-state index contributed by atoms with van der Waals surface area (Å²) in [6.45, 7) is 0. The zero-order valence-electron chi connectivity index (χ0n) is 7.03. The van der Waals surface area contributed by atoms with E-state index in [2.05, 4.69) is 4.98 Å². The molecular weight excluding hydrogens is 140 g/mol. The van der Waals surface area contributed by atoms with E-state index in [1.807, 2.05) is 31.1 Å². The van der Waals surface area contributed by atoms with Gasteiger partial charge in [0.25, 0.3) is 0 Å². The molecule has 3 heteroatoms. The second kappa shape index (κ2) is 3.23. The Kier molecular flexibility index (Phi) is 2.31. The summed E-state index contributed by atoms with van der Waals surface area (Å²) in [5, 5.41) is 0. The maximum atomic E-state index is 4.97. The third-order valence-corrected chi connectivity index (χ3v) is 1.44. The minimum Gasteiger partial charge on any atom is -0.481 e. The lowest BCUT2D eigenvalue weighted by atomic mass is 10.4. The standard InChI is InChI=1S/C8H12N2O/c1-10(2)7-4-5-9-8(6-7)11-3/h4-6H,1-3H3. The van der Waals surface area contributed by atoms with Crippen molar-refractivity contribution in [3.05, 3.63) is 18.3 Å². The highest BCUT2D eigenvalue weighted by molar-refractivity contribution is 5.46. The van der Waals surface area contributed by atoms with Crippen LogP contribution in [0.1, 0.15) is 0 Å². The van der Waals surface area contributed by atoms with Crippen LogP contribution in [-0.4, -0.2) is 26.2 Å². The van der Waals surface area contributed by atoms with Gasteiger partial charge < -0.3 is 9.64 Å². The first-order valence-electron chi connectivity index (χ1n) is 3.41. The second-order valence-corrected chi connectivity index (χ2v) is 2.45. The summed E-state index contributed by atoms with van der Waals surface area (Å²) >= 11 is 0. The zero-order valence-corrected chi connectivity index (χ0v) is 7.03. The lowest BCUT2D eigenvalue weighted by Crippen LogP contribution is -2.08. The number of hydrogen-bond acceptors (Lipinski definition) is 3. The second-order valence-electron chi connectivity index (χ2n) is 2.45. The molecule has 1 heterocycles. The molecule has 60 valence electrons. The molecule has 0 aliphatic rings. The van der Waals surface area contributed by atoms with Crippen LogP contribution < -0.4 is 9.64 Å². The summed E-state index contributed by atoms with van der Waals surface area (Å²) in [6.07, 6.45) is 1.73. The van der Waals surface area contributed by atoms with Gasteiger partial charge in [0, 0.05) is 32.0 Å². The van der Waals surface area contributed by atoms with Crippen LogP contribution in [-0.2, 0) is 0 Å². The van der Waals surface area contributed by atoms with Gasteiger partial charge in [-0.3, -0.25) is 0 Å². The zero-order chi connectivity index (χ0) is 8.27. The Labute approximate surface area is 66.6 Å². The number of pyridine rings is 1. The summed E-state index contributed by atoms with van der Waals surface area (Å²) in [6, 6.07) is 3.82. The molecule has 0 bridgehead atoms. The Hall–Kier alpha value is -1.25. The molecule has 1 rings (SSSR count). The molecule has 3 nitrogen and oxygen atoms in total. The van der Waals surface area contributed by atoms with Gasteiger partial charge in [-0.1, -0.05) is 0 Å². The molecule has 0 saturated carbocycles. The van der Waals surface area contributed by atoms with Crippen molar-refractivity contribution >= 4 is 5.69 Å². The molecule has 0 fully saturated rings. The van der Waals surface area contributed by atoms with Crippen molar-refractivity contribution in [2.75, 3.05) is 26.1 Å². The fourth-order valence-corrected chi connectivity index (χ4v) is 0.789. The van der Waals surface area contributed by atoms with Crippen molar-refractivity contribution in [2.45, 2.75) is 0 Å². The third kappa shape index (κ3) is 1.83. The van der Waals surface area contributed by atoms with Gasteiger partial charge in [-0.25, -0.2) is 4.98 Å². The molecule has 0 aromatic carbocycles. The first kappa shape index (κ1) is 7.85. The van der Waals surface area contributed by atoms with E-state index in [0.717, 1.165) is 5.69 Å². The molecule has 1 aromatic rings. The highest BCUT2D eigenvalue weighted by Crippen LogP contribution is 2.15. The highest BCUT2D eigenvalue weighted by atomic mass is 16.5. The van der Waals surface area contributed by atoms with Crippen LogP contribution in [0.5, 0.6) is 5.88 Å². The normalized spacial score (nSPS) is 9.36. The molecule has 0 aliphatic heterocycles. The first-order chi connectivity index (χ1) is 5.24. The number of nitrogens with zero attached hydrogens (tertiary/aromatic N) is 2. The van der Waals surface area contributed by atoms with Crippen LogP contribution in [0.25, 0.3) is 0 Å². The molecule has 0 spiro atoms. The van der Waals surface area contributed by atoms with E-state index in [1.165, 1.54) is 0 Å². The summed E-state index contributed by atoms with van der Waals surface area (Å²) < 4.78 is 4.97. The smallest absolute Gasteiger partial charge is 0.214 e. The minimum absolute atomic E-state index is 0.649. The molecule has 11 heavy (non-hydrogen) atoms. The van der Waals surface area contributed by atoms with Gasteiger partial charge in [0.15, 0.2) is 0 Å². The van der Waals surface area contributed by atoms with Crippen LogP contribution in [0, 0.1) is 0 Å². The predicted octanol–water partition coefficient (Wildman–Crippen LogP) is 1.16. The highest BCUT2D eigenvalue weighted by Gasteiger charge is 1.96. The first-order valence-corrected chi connectivity index (χ1v) is 3.41. The summed E-state index contributed by atoms with van der Waals surface area (Å²) in [5.74, 6) is 0.649. The van der Waals surface area contributed by atoms with E-state index < -0.39 is 0 Å². The molecular formula is C8H12N2O. The fraction of sp³-hybridized carbons (Fsp3) is 0.375. The van der Waals surface area contributed by atoms with E-state index in [-0.39, 0.29) is 0 Å². The summed E-state index contributed by atoms with van der Waals surface area (Å²) in [5.41, 5.74) is 1.09. The van der Waals surface area contributed by atoms with Crippen LogP contribution >= 0.6 is 0 Å². The quantitative estimate of drug-likeness (QED) is 0.635. The molecule has 0 aliphatic carbocycles. The van der Waals surface area contributed by atoms with E-state index in [0.29, 0.717) is 5.88 Å². The molecule has 1 aromatic heterocycles. The lowest BCUT2D eigenvalue weighted by Gasteiger charge is -2.11. The van der Waals surface area contributed by atoms with Crippen molar-refractivity contribution < 1.29 is 4.74 Å². The summed E-state index contributed by atoms with van der Waals surface area (Å²) in [4.78, 5) is 6.00. The Bertz CT molecular complexity index is 235. The minimum atomic E-state index is 0.649. The van der Waals surface area contributed by atoms with Gasteiger partial charge in [-0.2, -0.15) is 0 Å². The van der Waals surface area contributed by atoms with Crippen LogP contribution in [0.3, 0.4) is 0 Å². The van der Waals surface area contributed by atoms with E-state index >= 15 is 0 Å². The summed E-state index contributed by atoms with van der Waals surface area (Å²) in [7, 11) is 5.57. The number of rotatable bonds is 2. The van der Waals surface area contributed by atoms with Gasteiger partial charge >= 0.3 is 0 Å². The topological polar surface area (TPSA) is 25.4 Å². The number of ether oxygens (including phenoxy) is 1. The molecule has 0 radical (unpaired) electrons. The van der Waals surface area contributed by atoms with Gasteiger partial charge in [-0.05, 0) is 6.07 Å². The Balaban J connectivity index is 2.91. The van der Waals surface area contributed by atoms with Gasteiger partial charge in [-0.15, -0.1) is 0 Å². The van der Waals surface area contributed by atoms with Crippen molar-refractivity contribution in [3.63, 3.8) is 0 Å². The lowest BCUT2D eigenvalue weighted by molar-refractivity contribution is 0.398. The van der Waals surface area contributed by atoms with Crippen molar-refractivity contribution in [1.29, 1.82) is 0 Å². The maximum absolute atomic E-state index is 4.97. The van der Waals surface area contributed by atoms with E-state index in [4.69, 9.17) is 4.74 Å². The number of anilines is 1. The Morgan fingerprint density at radius 3 is 2.73 bits per heavy atom. The monoisotopic (exact) mass is 152 g/mol. The maximum Gasteiger partial charge on any atom is 0.214 e. The number of methoxy groups -OCH3 is 1. The molecule has 0 amide bonds. The van der Waals surface area contributed by atoms with Gasteiger partial charge in [0.2, 0.25) is 5.88 Å². The van der Waals surface area contributed by atoms with Crippen LogP contribution in [0.15, 0.2) is 18.3 Å². The third-order valence-electron chi connectivity index (χ3n) is 1.44. The number of aromatic nitrogens is 1. The van der Waals surface area contributed by atoms with Crippen molar-refractivity contribution in [2.24, 2.45) is 0 Å². The average Bonchev–Trinajstić information content (AvgIpc) is 2.05. The Morgan fingerprint density at radius 2 is 2.18 bits per heavy atom. The molecule has 0 unspecified atom stereocenters. The van der Waals surface area contributed by atoms with Crippen molar-refractivity contribution in [1.82, 2.24) is 4.98 Å². The van der Waals surface area contributed by atoms with Crippen LogP contribution in [0.2, 0.25) is 0 Å². The van der Waals surface area contributed by atoms with Gasteiger partial charge in [0.1, 0.15) is 0 Å². The molecule has 0 saturated heterocycles. The molecule has 0 atom stereocenters. The van der Waals surface area contributed by atoms with E-state index in [9.17, 15) is 0 Å². The van der Waals surface area contributed by atoms with Gasteiger partial charge in [0.05, 0.1) is 7.11 Å². The van der Waals surface area contributed by atoms with Crippen molar-refractivity contribution in [3.8, 4) is 5.88 Å². The average molecular weight is 152 g/mol. The van der Waals surface area contributed by atoms with E-state index in [1.54, 1.807) is 13.3 Å². The largest absolute Gasteiger partial charge is 0.481 e. The van der Waals surface area contributed by atoms with Crippen LogP contribution in [0.4, 0.5) is 5.69 Å². The number of hydrogen-bond donors (Lipinski definition) is 0.